The normalized spacial score (nSPS) is 13.3. The summed E-state index contributed by atoms with van der Waals surface area (Å²) in [5, 5.41) is 23.5. The first-order chi connectivity index (χ1) is 18.4. The van der Waals surface area contributed by atoms with Gasteiger partial charge in [-0.05, 0) is 78.8 Å². The molecule has 4 N–H and O–H groups in total. The lowest BCUT2D eigenvalue weighted by molar-refractivity contribution is -0.146. The SMILES string of the molecule is C.O=C(NC[C@@H](O)C(=O)O)c1ccc(CN(C(=O)Nc2ccccc2)c2ccc(C3=CCCCC3)cc2)cc1. The second kappa shape index (κ2) is 13.9. The van der Waals surface area contributed by atoms with Gasteiger partial charge in [-0.3, -0.25) is 9.69 Å². The van der Waals surface area contributed by atoms with Crippen molar-refractivity contribution in [1.82, 2.24) is 5.32 Å². The molecule has 0 heterocycles. The fourth-order valence-electron chi connectivity index (χ4n) is 4.27. The molecule has 4 rings (SSSR count). The number of hydrogen-bond donors (Lipinski definition) is 4. The number of carbonyl (C=O) groups excluding carboxylic acids is 2. The van der Waals surface area contributed by atoms with Crippen LogP contribution in [0.25, 0.3) is 5.57 Å². The van der Waals surface area contributed by atoms with Crippen molar-refractivity contribution in [2.45, 2.75) is 45.8 Å². The van der Waals surface area contributed by atoms with E-state index in [1.54, 1.807) is 29.2 Å². The van der Waals surface area contributed by atoms with Crippen molar-refractivity contribution >= 4 is 34.9 Å². The zero-order valence-electron chi connectivity index (χ0n) is 21.0. The summed E-state index contributed by atoms with van der Waals surface area (Å²) in [6.45, 7) is -0.128. The van der Waals surface area contributed by atoms with Gasteiger partial charge in [-0.1, -0.05) is 56.0 Å². The minimum Gasteiger partial charge on any atom is -0.479 e. The monoisotopic (exact) mass is 529 g/mol. The van der Waals surface area contributed by atoms with Gasteiger partial charge in [-0.2, -0.15) is 0 Å². The summed E-state index contributed by atoms with van der Waals surface area (Å²) in [5.41, 5.74) is 5.05. The Bertz CT molecular complexity index is 1290. The third-order valence-corrected chi connectivity index (χ3v) is 6.41. The first-order valence-electron chi connectivity index (χ1n) is 12.6. The molecule has 1 aliphatic carbocycles. The van der Waals surface area contributed by atoms with Crippen LogP contribution in [0, 0.1) is 0 Å². The van der Waals surface area contributed by atoms with E-state index < -0.39 is 24.5 Å². The van der Waals surface area contributed by atoms with E-state index in [4.69, 9.17) is 5.11 Å². The highest BCUT2D eigenvalue weighted by Crippen LogP contribution is 2.29. The van der Waals surface area contributed by atoms with E-state index in [-0.39, 0.29) is 20.0 Å². The number of allylic oxidation sites excluding steroid dienone is 2. The smallest absolute Gasteiger partial charge is 0.334 e. The first-order valence-corrected chi connectivity index (χ1v) is 12.6. The maximum Gasteiger partial charge on any atom is 0.334 e. The molecule has 8 heteroatoms. The summed E-state index contributed by atoms with van der Waals surface area (Å²) in [6, 6.07) is 23.6. The number of urea groups is 1. The maximum absolute atomic E-state index is 13.4. The van der Waals surface area contributed by atoms with Gasteiger partial charge in [0.1, 0.15) is 0 Å². The number of carboxylic acid groups (broad SMARTS) is 1. The number of anilines is 2. The number of aliphatic carboxylic acids is 1. The van der Waals surface area contributed by atoms with Crippen molar-refractivity contribution in [1.29, 1.82) is 0 Å². The molecule has 0 fully saturated rings. The van der Waals surface area contributed by atoms with Crippen LogP contribution >= 0.6 is 0 Å². The van der Waals surface area contributed by atoms with Crippen LogP contribution < -0.4 is 15.5 Å². The highest BCUT2D eigenvalue weighted by molar-refractivity contribution is 6.01. The topological polar surface area (TPSA) is 119 Å². The van der Waals surface area contributed by atoms with E-state index in [0.717, 1.165) is 24.1 Å². The average Bonchev–Trinajstić information content (AvgIpc) is 2.95. The molecule has 0 aromatic heterocycles. The number of nitrogens with one attached hydrogen (secondary N) is 2. The second-order valence-electron chi connectivity index (χ2n) is 9.17. The van der Waals surface area contributed by atoms with Crippen LogP contribution in [-0.4, -0.2) is 40.8 Å². The molecule has 0 unspecified atom stereocenters. The van der Waals surface area contributed by atoms with Gasteiger partial charge in [0.25, 0.3) is 5.91 Å². The van der Waals surface area contributed by atoms with Gasteiger partial charge >= 0.3 is 12.0 Å². The quantitative estimate of drug-likeness (QED) is 0.284. The standard InChI is InChI=1S/C30H31N3O5.CH4/c34-27(29(36)37)19-31-28(35)24-13-11-21(12-14-24)20-33(30(38)32-25-9-5-2-6-10-25)26-17-15-23(16-18-26)22-7-3-1-4-8-22;/h2,5-7,9-18,27,34H,1,3-4,8,19-20H2,(H,31,35)(H,32,38)(H,36,37);1H4/t27-;/m1./s1. The molecule has 0 bridgehead atoms. The molecule has 39 heavy (non-hydrogen) atoms. The number of aliphatic hydroxyl groups is 1. The van der Waals surface area contributed by atoms with Crippen LogP contribution in [0.15, 0.2) is 84.9 Å². The van der Waals surface area contributed by atoms with E-state index in [0.29, 0.717) is 11.3 Å². The Balaban J connectivity index is 0.00000420. The van der Waals surface area contributed by atoms with Gasteiger partial charge in [-0.15, -0.1) is 0 Å². The van der Waals surface area contributed by atoms with Gasteiger partial charge in [-0.25, -0.2) is 9.59 Å². The van der Waals surface area contributed by atoms with Crippen molar-refractivity contribution in [2.24, 2.45) is 0 Å². The number of amides is 3. The van der Waals surface area contributed by atoms with Crippen LogP contribution in [0.1, 0.15) is 54.6 Å². The van der Waals surface area contributed by atoms with Crippen molar-refractivity contribution in [3.8, 4) is 0 Å². The predicted octanol–water partition coefficient (Wildman–Crippen LogP) is 5.69. The van der Waals surface area contributed by atoms with Gasteiger partial charge < -0.3 is 20.8 Å². The number of carbonyl (C=O) groups is 3. The molecule has 3 amide bonds. The van der Waals surface area contributed by atoms with Crippen LogP contribution in [0.3, 0.4) is 0 Å². The molecule has 0 saturated carbocycles. The highest BCUT2D eigenvalue weighted by atomic mass is 16.4. The van der Waals surface area contributed by atoms with E-state index in [2.05, 4.69) is 16.7 Å². The fourth-order valence-corrected chi connectivity index (χ4v) is 4.27. The zero-order chi connectivity index (χ0) is 26.9. The molecule has 0 aliphatic heterocycles. The van der Waals surface area contributed by atoms with Crippen LogP contribution in [0.2, 0.25) is 0 Å². The minimum absolute atomic E-state index is 0. The molecular formula is C31H35N3O5. The van der Waals surface area contributed by atoms with Gasteiger partial charge in [0.2, 0.25) is 0 Å². The molecular weight excluding hydrogens is 494 g/mol. The van der Waals surface area contributed by atoms with Crippen molar-refractivity contribution in [3.63, 3.8) is 0 Å². The summed E-state index contributed by atoms with van der Waals surface area (Å²) >= 11 is 0. The molecule has 1 atom stereocenters. The summed E-state index contributed by atoms with van der Waals surface area (Å²) in [4.78, 5) is 38.0. The number of hydrogen-bond acceptors (Lipinski definition) is 4. The lowest BCUT2D eigenvalue weighted by Gasteiger charge is -2.24. The van der Waals surface area contributed by atoms with E-state index in [1.807, 2.05) is 54.6 Å². The van der Waals surface area contributed by atoms with E-state index in [1.165, 1.54) is 24.0 Å². The van der Waals surface area contributed by atoms with Crippen molar-refractivity contribution in [3.05, 3.63) is 102 Å². The maximum atomic E-state index is 13.4. The first kappa shape index (κ1) is 29.1. The van der Waals surface area contributed by atoms with Crippen molar-refractivity contribution < 1.29 is 24.6 Å². The van der Waals surface area contributed by atoms with Crippen LogP contribution in [0.5, 0.6) is 0 Å². The Labute approximate surface area is 229 Å². The van der Waals surface area contributed by atoms with Gasteiger partial charge in [0.15, 0.2) is 6.10 Å². The van der Waals surface area contributed by atoms with Gasteiger partial charge in [0.05, 0.1) is 13.1 Å². The lowest BCUT2D eigenvalue weighted by atomic mass is 9.93. The number of aliphatic hydroxyl groups excluding tert-OH is 1. The summed E-state index contributed by atoms with van der Waals surface area (Å²) in [6.07, 6.45) is 5.19. The minimum atomic E-state index is -1.67. The molecule has 204 valence electrons. The lowest BCUT2D eigenvalue weighted by Crippen LogP contribution is -2.36. The Morgan fingerprint density at radius 1 is 0.897 bits per heavy atom. The Morgan fingerprint density at radius 3 is 2.21 bits per heavy atom. The average molecular weight is 530 g/mol. The number of carboxylic acids is 1. The zero-order valence-corrected chi connectivity index (χ0v) is 21.0. The highest BCUT2D eigenvalue weighted by Gasteiger charge is 2.19. The van der Waals surface area contributed by atoms with E-state index >= 15 is 0 Å². The fraction of sp³-hybridized carbons (Fsp3) is 0.258. The number of para-hydroxylation sites is 1. The van der Waals surface area contributed by atoms with E-state index in [9.17, 15) is 19.5 Å². The molecule has 8 nitrogen and oxygen atoms in total. The molecule has 3 aromatic carbocycles. The van der Waals surface area contributed by atoms with Crippen LogP contribution in [-0.2, 0) is 11.3 Å². The molecule has 0 saturated heterocycles. The Kier molecular flexibility index (Phi) is 10.4. The summed E-state index contributed by atoms with van der Waals surface area (Å²) < 4.78 is 0. The van der Waals surface area contributed by atoms with Gasteiger partial charge in [0, 0.05) is 16.9 Å². The third-order valence-electron chi connectivity index (χ3n) is 6.41. The number of rotatable bonds is 9. The second-order valence-corrected chi connectivity index (χ2v) is 9.17. The largest absolute Gasteiger partial charge is 0.479 e. The van der Waals surface area contributed by atoms with Crippen molar-refractivity contribution in [2.75, 3.05) is 16.8 Å². The number of benzene rings is 3. The summed E-state index contributed by atoms with van der Waals surface area (Å²) in [7, 11) is 0. The number of nitrogens with zero attached hydrogens (tertiary/aromatic N) is 1. The molecule has 1 aliphatic rings. The third kappa shape index (κ3) is 8.02. The predicted molar refractivity (Wildman–Crippen MR) is 154 cm³/mol. The molecule has 3 aromatic rings. The molecule has 0 radical (unpaired) electrons. The molecule has 0 spiro atoms. The Morgan fingerprint density at radius 2 is 1.59 bits per heavy atom. The Hall–Kier alpha value is -4.43. The van der Waals surface area contributed by atoms with Crippen LogP contribution in [0.4, 0.5) is 16.2 Å². The summed E-state index contributed by atoms with van der Waals surface area (Å²) in [5.74, 6) is -1.90.